The zero-order chi connectivity index (χ0) is 13.2. The Hall–Kier alpha value is -0.930. The van der Waals surface area contributed by atoms with E-state index in [0.717, 1.165) is 44.6 Å². The number of hydrogen-bond donors (Lipinski definition) is 0. The van der Waals surface area contributed by atoms with Crippen LogP contribution < -0.4 is 0 Å². The molecule has 2 aliphatic rings. The molecule has 0 radical (unpaired) electrons. The third-order valence-electron chi connectivity index (χ3n) is 3.83. The van der Waals surface area contributed by atoms with E-state index in [1.54, 1.807) is 0 Å². The van der Waals surface area contributed by atoms with Gasteiger partial charge in [-0.1, -0.05) is 26.2 Å². The van der Waals surface area contributed by atoms with Crippen molar-refractivity contribution in [2.75, 3.05) is 0 Å². The zero-order valence-electron chi connectivity index (χ0n) is 10.8. The molecule has 2 nitrogen and oxygen atoms in total. The Morgan fingerprint density at radius 2 is 2.00 bits per heavy atom. The summed E-state index contributed by atoms with van der Waals surface area (Å²) in [6.07, 6.45) is 5.61. The number of hydrogen-bond acceptors (Lipinski definition) is 2. The van der Waals surface area contributed by atoms with Crippen molar-refractivity contribution in [2.45, 2.75) is 63.9 Å². The number of ketones is 1. The summed E-state index contributed by atoms with van der Waals surface area (Å²) in [5, 5.41) is 0. The van der Waals surface area contributed by atoms with Crippen LogP contribution >= 0.6 is 0 Å². The largest absolute Gasteiger partial charge is 0.488 e. The Labute approximate surface area is 106 Å². The minimum atomic E-state index is -3.35. The molecule has 0 bridgehead atoms. The molecule has 0 spiro atoms. The van der Waals surface area contributed by atoms with E-state index in [2.05, 4.69) is 0 Å². The SMILES string of the molecule is CCCC1=CC(=O)C(F)(F)C(C2CCCCC2)O1. The van der Waals surface area contributed by atoms with Crippen molar-refractivity contribution in [1.29, 1.82) is 0 Å². The van der Waals surface area contributed by atoms with Gasteiger partial charge in [-0.05, 0) is 19.3 Å². The summed E-state index contributed by atoms with van der Waals surface area (Å²) in [5.41, 5.74) is 0. The van der Waals surface area contributed by atoms with Crippen LogP contribution in [0.25, 0.3) is 0 Å². The molecule has 4 heteroatoms. The van der Waals surface area contributed by atoms with Gasteiger partial charge < -0.3 is 4.74 Å². The lowest BCUT2D eigenvalue weighted by atomic mass is 9.81. The van der Waals surface area contributed by atoms with E-state index >= 15 is 0 Å². The highest BCUT2D eigenvalue weighted by atomic mass is 19.3. The van der Waals surface area contributed by atoms with Crippen molar-refractivity contribution in [3.63, 3.8) is 0 Å². The van der Waals surface area contributed by atoms with Crippen LogP contribution in [0.15, 0.2) is 11.8 Å². The Morgan fingerprint density at radius 1 is 1.33 bits per heavy atom. The maximum atomic E-state index is 13.9. The molecular formula is C14H20F2O2. The predicted octanol–water partition coefficient (Wildman–Crippen LogP) is 3.85. The number of allylic oxidation sites excluding steroid dienone is 2. The van der Waals surface area contributed by atoms with Crippen LogP contribution in [-0.4, -0.2) is 17.8 Å². The predicted molar refractivity (Wildman–Crippen MR) is 64.4 cm³/mol. The highest BCUT2D eigenvalue weighted by Gasteiger charge is 2.53. The highest BCUT2D eigenvalue weighted by molar-refractivity contribution is 5.97. The summed E-state index contributed by atoms with van der Waals surface area (Å²) in [6, 6.07) is 0. The van der Waals surface area contributed by atoms with E-state index < -0.39 is 17.8 Å². The lowest BCUT2D eigenvalue weighted by Gasteiger charge is -2.37. The lowest BCUT2D eigenvalue weighted by Crippen LogP contribution is -2.49. The van der Waals surface area contributed by atoms with Gasteiger partial charge in [-0.15, -0.1) is 0 Å². The van der Waals surface area contributed by atoms with Gasteiger partial charge in [-0.25, -0.2) is 0 Å². The van der Waals surface area contributed by atoms with Crippen molar-refractivity contribution >= 4 is 5.78 Å². The van der Waals surface area contributed by atoms with E-state index in [0.29, 0.717) is 12.2 Å². The fraction of sp³-hybridized carbons (Fsp3) is 0.786. The van der Waals surface area contributed by atoms with Crippen LogP contribution in [0.2, 0.25) is 0 Å². The molecule has 1 aliphatic heterocycles. The molecule has 1 aliphatic carbocycles. The number of alkyl halides is 2. The second-order valence-electron chi connectivity index (χ2n) is 5.28. The van der Waals surface area contributed by atoms with Crippen molar-refractivity contribution in [1.82, 2.24) is 0 Å². The summed E-state index contributed by atoms with van der Waals surface area (Å²) in [5.74, 6) is -4.17. The van der Waals surface area contributed by atoms with Gasteiger partial charge in [0.05, 0.1) is 0 Å². The molecule has 0 aromatic carbocycles. The van der Waals surface area contributed by atoms with Crippen LogP contribution in [-0.2, 0) is 9.53 Å². The molecule has 1 saturated carbocycles. The lowest BCUT2D eigenvalue weighted by molar-refractivity contribution is -0.175. The third-order valence-corrected chi connectivity index (χ3v) is 3.83. The Kier molecular flexibility index (Phi) is 4.03. The minimum absolute atomic E-state index is 0.182. The zero-order valence-corrected chi connectivity index (χ0v) is 10.8. The number of ether oxygens (including phenoxy) is 1. The van der Waals surface area contributed by atoms with Gasteiger partial charge in [0.25, 0.3) is 0 Å². The van der Waals surface area contributed by atoms with Gasteiger partial charge in [0.2, 0.25) is 5.78 Å². The molecule has 0 N–H and O–H groups in total. The van der Waals surface area contributed by atoms with Gasteiger partial charge in [0.15, 0.2) is 6.10 Å². The van der Waals surface area contributed by atoms with Crippen molar-refractivity contribution in [3.8, 4) is 0 Å². The van der Waals surface area contributed by atoms with Crippen LogP contribution in [0.3, 0.4) is 0 Å². The standard InChI is InChI=1S/C14H20F2O2/c1-2-6-11-9-12(17)14(15,16)13(18-11)10-7-4-3-5-8-10/h9-10,13H,2-8H2,1H3. The van der Waals surface area contributed by atoms with E-state index in [4.69, 9.17) is 4.74 Å². The summed E-state index contributed by atoms with van der Waals surface area (Å²) in [7, 11) is 0. The van der Waals surface area contributed by atoms with Crippen LogP contribution in [0, 0.1) is 5.92 Å². The summed E-state index contributed by atoms with van der Waals surface area (Å²) in [6.45, 7) is 1.94. The Morgan fingerprint density at radius 3 is 2.61 bits per heavy atom. The van der Waals surface area contributed by atoms with Gasteiger partial charge in [0.1, 0.15) is 5.76 Å². The first-order valence-electron chi connectivity index (χ1n) is 6.85. The normalized spacial score (nSPS) is 28.7. The van der Waals surface area contributed by atoms with Crippen LogP contribution in [0.1, 0.15) is 51.9 Å². The minimum Gasteiger partial charge on any atom is -0.488 e. The summed E-state index contributed by atoms with van der Waals surface area (Å²) >= 11 is 0. The van der Waals surface area contributed by atoms with Crippen molar-refractivity contribution in [3.05, 3.63) is 11.8 Å². The van der Waals surface area contributed by atoms with Crippen LogP contribution in [0.5, 0.6) is 0 Å². The maximum absolute atomic E-state index is 13.9. The van der Waals surface area contributed by atoms with Crippen molar-refractivity contribution in [2.24, 2.45) is 5.92 Å². The average Bonchev–Trinajstić information content (AvgIpc) is 2.35. The first kappa shape index (κ1) is 13.5. The molecule has 0 aromatic heterocycles. The molecular weight excluding hydrogens is 238 g/mol. The van der Waals surface area contributed by atoms with Crippen molar-refractivity contribution < 1.29 is 18.3 Å². The monoisotopic (exact) mass is 258 g/mol. The topological polar surface area (TPSA) is 26.3 Å². The molecule has 1 fully saturated rings. The summed E-state index contributed by atoms with van der Waals surface area (Å²) in [4.78, 5) is 11.5. The van der Waals surface area contributed by atoms with Crippen LogP contribution in [0.4, 0.5) is 8.78 Å². The second-order valence-corrected chi connectivity index (χ2v) is 5.28. The molecule has 18 heavy (non-hydrogen) atoms. The first-order valence-corrected chi connectivity index (χ1v) is 6.85. The fourth-order valence-electron chi connectivity index (χ4n) is 2.86. The Bertz CT molecular complexity index is 344. The molecule has 0 amide bonds. The molecule has 0 saturated heterocycles. The summed E-state index contributed by atoms with van der Waals surface area (Å²) < 4.78 is 33.3. The maximum Gasteiger partial charge on any atom is 0.345 e. The molecule has 1 atom stereocenters. The Balaban J connectivity index is 2.17. The average molecular weight is 258 g/mol. The number of carbonyl (C=O) groups excluding carboxylic acids is 1. The van der Waals surface area contributed by atoms with E-state index in [9.17, 15) is 13.6 Å². The molecule has 0 aromatic rings. The smallest absolute Gasteiger partial charge is 0.345 e. The molecule has 102 valence electrons. The fourth-order valence-corrected chi connectivity index (χ4v) is 2.86. The van der Waals surface area contributed by atoms with Gasteiger partial charge >= 0.3 is 5.92 Å². The first-order chi connectivity index (χ1) is 8.55. The number of halogens is 2. The molecule has 1 heterocycles. The number of carbonyl (C=O) groups is 1. The van der Waals surface area contributed by atoms with E-state index in [1.165, 1.54) is 0 Å². The molecule has 1 unspecified atom stereocenters. The quantitative estimate of drug-likeness (QED) is 0.768. The van der Waals surface area contributed by atoms with Gasteiger partial charge in [-0.2, -0.15) is 8.78 Å². The van der Waals surface area contributed by atoms with Gasteiger partial charge in [-0.3, -0.25) is 4.79 Å². The second kappa shape index (κ2) is 5.37. The van der Waals surface area contributed by atoms with E-state index in [-0.39, 0.29) is 5.92 Å². The highest BCUT2D eigenvalue weighted by Crippen LogP contribution is 2.40. The van der Waals surface area contributed by atoms with Gasteiger partial charge in [0, 0.05) is 18.4 Å². The number of rotatable bonds is 3. The molecule has 2 rings (SSSR count). The third kappa shape index (κ3) is 2.57. The van der Waals surface area contributed by atoms with E-state index in [1.807, 2.05) is 6.92 Å².